The molecule has 0 unspecified atom stereocenters. The van der Waals surface area contributed by atoms with E-state index in [1.54, 1.807) is 17.4 Å². The maximum Gasteiger partial charge on any atom is 0.241 e. The summed E-state index contributed by atoms with van der Waals surface area (Å²) in [5.74, 6) is 0. The van der Waals surface area contributed by atoms with Gasteiger partial charge in [0.1, 0.15) is 0 Å². The number of nitrogens with one attached hydrogen (secondary N) is 2. The first-order valence-corrected chi connectivity index (χ1v) is 9.30. The Kier molecular flexibility index (Phi) is 4.59. The van der Waals surface area contributed by atoms with Crippen LogP contribution >= 0.6 is 11.3 Å². The summed E-state index contributed by atoms with van der Waals surface area (Å²) in [5, 5.41) is 3.42. The number of sulfonamides is 1. The number of thiophene rings is 1. The van der Waals surface area contributed by atoms with Gasteiger partial charge in [-0.15, -0.1) is 11.3 Å². The smallest absolute Gasteiger partial charge is 0.241 e. The Bertz CT molecular complexity index is 566. The van der Waals surface area contributed by atoms with E-state index in [-0.39, 0.29) is 5.41 Å². The summed E-state index contributed by atoms with van der Waals surface area (Å²) in [4.78, 5) is 2.38. The molecule has 114 valence electrons. The summed E-state index contributed by atoms with van der Waals surface area (Å²) in [5.41, 5.74) is -0.0621. The lowest BCUT2D eigenvalue weighted by Crippen LogP contribution is -2.32. The third kappa shape index (κ3) is 4.55. The molecule has 1 fully saturated rings. The van der Waals surface area contributed by atoms with Crippen molar-refractivity contribution in [3.8, 4) is 0 Å². The first kappa shape index (κ1) is 15.9. The second-order valence-corrected chi connectivity index (χ2v) is 9.75. The van der Waals surface area contributed by atoms with Gasteiger partial charge in [-0.3, -0.25) is 0 Å². The van der Waals surface area contributed by atoms with Gasteiger partial charge in [0, 0.05) is 28.9 Å². The van der Waals surface area contributed by atoms with Gasteiger partial charge in [-0.2, -0.15) is 0 Å². The van der Waals surface area contributed by atoms with E-state index in [1.807, 2.05) is 27.7 Å². The lowest BCUT2D eigenvalue weighted by Gasteiger charge is -2.18. The molecule has 0 spiro atoms. The molecule has 1 aliphatic carbocycles. The highest BCUT2D eigenvalue weighted by Crippen LogP contribution is 2.27. The van der Waals surface area contributed by atoms with E-state index in [4.69, 9.17) is 0 Å². The topological polar surface area (TPSA) is 58.2 Å². The third-order valence-electron chi connectivity index (χ3n) is 3.15. The van der Waals surface area contributed by atoms with Gasteiger partial charge < -0.3 is 5.32 Å². The molecule has 2 rings (SSSR count). The van der Waals surface area contributed by atoms with Crippen LogP contribution in [0.25, 0.3) is 0 Å². The number of aryl methyl sites for hydroxylation is 1. The number of hydrogen-bond donors (Lipinski definition) is 2. The Morgan fingerprint density at radius 3 is 2.55 bits per heavy atom. The minimum Gasteiger partial charge on any atom is -0.309 e. The van der Waals surface area contributed by atoms with E-state index in [2.05, 4.69) is 10.0 Å². The molecule has 1 heterocycles. The first-order chi connectivity index (χ1) is 9.17. The quantitative estimate of drug-likeness (QED) is 0.848. The van der Waals surface area contributed by atoms with E-state index in [0.29, 0.717) is 17.5 Å². The van der Waals surface area contributed by atoms with Gasteiger partial charge in [0.05, 0.1) is 4.90 Å². The van der Waals surface area contributed by atoms with Gasteiger partial charge >= 0.3 is 0 Å². The predicted molar refractivity (Wildman–Crippen MR) is 83.6 cm³/mol. The van der Waals surface area contributed by atoms with E-state index in [9.17, 15) is 8.42 Å². The number of hydrogen-bond acceptors (Lipinski definition) is 4. The molecule has 0 atom stereocenters. The molecule has 4 nitrogen and oxygen atoms in total. The zero-order valence-electron chi connectivity index (χ0n) is 12.6. The molecule has 0 aromatic carbocycles. The summed E-state index contributed by atoms with van der Waals surface area (Å²) >= 11 is 1.56. The van der Waals surface area contributed by atoms with Gasteiger partial charge in [0.15, 0.2) is 0 Å². The minimum absolute atomic E-state index is 0.0621. The maximum atomic E-state index is 12.3. The summed E-state index contributed by atoms with van der Waals surface area (Å²) in [6.45, 7) is 9.13. The Labute approximate surface area is 126 Å². The molecule has 1 saturated carbocycles. The second kappa shape index (κ2) is 5.75. The van der Waals surface area contributed by atoms with Crippen LogP contribution in [0.1, 0.15) is 43.4 Å². The Hall–Kier alpha value is -0.430. The second-order valence-electron chi connectivity index (χ2n) is 6.67. The normalized spacial score (nSPS) is 16.6. The van der Waals surface area contributed by atoms with Gasteiger partial charge in [-0.05, 0) is 31.2 Å². The summed E-state index contributed by atoms with van der Waals surface area (Å²) in [7, 11) is -3.39. The molecular weight excluding hydrogens is 292 g/mol. The van der Waals surface area contributed by atoms with Crippen molar-refractivity contribution in [1.82, 2.24) is 10.0 Å². The molecule has 2 N–H and O–H groups in total. The summed E-state index contributed by atoms with van der Waals surface area (Å²) in [6.07, 6.45) is 2.48. The fourth-order valence-corrected chi connectivity index (χ4v) is 4.67. The average molecular weight is 316 g/mol. The summed E-state index contributed by atoms with van der Waals surface area (Å²) < 4.78 is 27.4. The minimum atomic E-state index is -3.39. The first-order valence-electron chi connectivity index (χ1n) is 7.00. The van der Waals surface area contributed by atoms with E-state index < -0.39 is 10.0 Å². The molecule has 0 radical (unpaired) electrons. The molecule has 20 heavy (non-hydrogen) atoms. The van der Waals surface area contributed by atoms with Gasteiger partial charge in [-0.1, -0.05) is 20.8 Å². The van der Waals surface area contributed by atoms with Crippen molar-refractivity contribution in [3.05, 3.63) is 15.8 Å². The highest BCUT2D eigenvalue weighted by molar-refractivity contribution is 7.89. The fraction of sp³-hybridized carbons (Fsp3) is 0.714. The molecule has 0 bridgehead atoms. The van der Waals surface area contributed by atoms with Crippen molar-refractivity contribution in [2.45, 2.75) is 58.0 Å². The number of rotatable bonds is 6. The monoisotopic (exact) mass is 316 g/mol. The lowest BCUT2D eigenvalue weighted by atomic mass is 9.98. The van der Waals surface area contributed by atoms with Crippen LogP contribution in [0.15, 0.2) is 11.0 Å². The van der Waals surface area contributed by atoms with Gasteiger partial charge in [0.25, 0.3) is 0 Å². The predicted octanol–water partition coefficient (Wildman–Crippen LogP) is 2.63. The molecule has 1 aromatic rings. The summed E-state index contributed by atoms with van der Waals surface area (Å²) in [6, 6.07) is 2.44. The van der Waals surface area contributed by atoms with Crippen molar-refractivity contribution in [3.63, 3.8) is 0 Å². The average Bonchev–Trinajstić information content (AvgIpc) is 3.06. The molecular formula is C14H24N2O2S2. The highest BCUT2D eigenvalue weighted by Gasteiger charge is 2.24. The largest absolute Gasteiger partial charge is 0.309 e. The maximum absolute atomic E-state index is 12.3. The standard InChI is InChI=1S/C14H24N2O2S2/c1-10-13(20(17,18)16-9-14(2,3)4)7-12(19-10)8-15-11-5-6-11/h7,11,15-16H,5-6,8-9H2,1-4H3. The van der Waals surface area contributed by atoms with Gasteiger partial charge in [-0.25, -0.2) is 13.1 Å². The van der Waals surface area contributed by atoms with Crippen LogP contribution in [-0.4, -0.2) is 21.0 Å². The van der Waals surface area contributed by atoms with Gasteiger partial charge in [0.2, 0.25) is 10.0 Å². The third-order valence-corrected chi connectivity index (χ3v) is 5.85. The van der Waals surface area contributed by atoms with Crippen LogP contribution in [0.3, 0.4) is 0 Å². The molecule has 1 aromatic heterocycles. The van der Waals surface area contributed by atoms with Crippen LogP contribution in [0.2, 0.25) is 0 Å². The van der Waals surface area contributed by atoms with Crippen molar-refractivity contribution >= 4 is 21.4 Å². The van der Waals surface area contributed by atoms with Crippen molar-refractivity contribution in [1.29, 1.82) is 0 Å². The Morgan fingerprint density at radius 2 is 2.00 bits per heavy atom. The zero-order chi connectivity index (χ0) is 15.0. The zero-order valence-corrected chi connectivity index (χ0v) is 14.2. The van der Waals surface area contributed by atoms with Crippen molar-refractivity contribution < 1.29 is 8.42 Å². The van der Waals surface area contributed by atoms with E-state index in [1.165, 1.54) is 12.8 Å². The van der Waals surface area contributed by atoms with Crippen LogP contribution in [0.4, 0.5) is 0 Å². The van der Waals surface area contributed by atoms with E-state index >= 15 is 0 Å². The lowest BCUT2D eigenvalue weighted by molar-refractivity contribution is 0.407. The Balaban J connectivity index is 2.05. The van der Waals surface area contributed by atoms with Crippen LogP contribution in [0.5, 0.6) is 0 Å². The van der Waals surface area contributed by atoms with E-state index in [0.717, 1.165) is 16.3 Å². The fourth-order valence-electron chi connectivity index (χ4n) is 1.80. The molecule has 0 aliphatic heterocycles. The van der Waals surface area contributed by atoms with Crippen LogP contribution in [-0.2, 0) is 16.6 Å². The SMILES string of the molecule is Cc1sc(CNC2CC2)cc1S(=O)(=O)NCC(C)(C)C. The highest BCUT2D eigenvalue weighted by atomic mass is 32.2. The van der Waals surface area contributed by atoms with Crippen LogP contribution in [0, 0.1) is 12.3 Å². The molecule has 0 amide bonds. The molecule has 6 heteroatoms. The van der Waals surface area contributed by atoms with Crippen molar-refractivity contribution in [2.24, 2.45) is 5.41 Å². The molecule has 1 aliphatic rings. The van der Waals surface area contributed by atoms with Crippen LogP contribution < -0.4 is 10.0 Å². The van der Waals surface area contributed by atoms with Crippen molar-refractivity contribution in [2.75, 3.05) is 6.54 Å². The Morgan fingerprint density at radius 1 is 1.35 bits per heavy atom. The molecule has 0 saturated heterocycles.